The molecule has 0 saturated carbocycles. The molecule has 3 rings (SSSR count). The molecule has 3 N–H and O–H groups in total. The van der Waals surface area contributed by atoms with Crippen LogP contribution in [0.1, 0.15) is 16.2 Å². The van der Waals surface area contributed by atoms with Crippen LogP contribution >= 0.6 is 23.4 Å². The predicted molar refractivity (Wildman–Crippen MR) is 116 cm³/mol. The maximum atomic E-state index is 13.0. The third kappa shape index (κ3) is 6.81. The van der Waals surface area contributed by atoms with Crippen molar-refractivity contribution in [3.05, 3.63) is 71.1 Å². The van der Waals surface area contributed by atoms with Gasteiger partial charge in [-0.1, -0.05) is 29.4 Å². The quantitative estimate of drug-likeness (QED) is 0.318. The van der Waals surface area contributed by atoms with Gasteiger partial charge in [0.05, 0.1) is 17.7 Å². The number of hydrogen-bond acceptors (Lipinski definition) is 6. The molecule has 0 saturated heterocycles. The first-order valence-corrected chi connectivity index (χ1v) is 10.2. The van der Waals surface area contributed by atoms with E-state index in [2.05, 4.69) is 30.9 Å². The Bertz CT molecular complexity index is 1180. The standard InChI is InChI=1S/C20H15ClF3N5O3S/c1-32-29-18(30)17-25-8-7-16(28-17)33-13-4-2-3-11(9-13)26-19(31)27-12-5-6-15(21)14(10-12)20(22,23)24/h2-10H,1H3,(H,29,30)(H2,26,27,31). The van der Waals surface area contributed by atoms with Gasteiger partial charge in [0.2, 0.25) is 5.82 Å². The van der Waals surface area contributed by atoms with Gasteiger partial charge in [0.25, 0.3) is 0 Å². The number of hydrogen-bond donors (Lipinski definition) is 3. The lowest BCUT2D eigenvalue weighted by Gasteiger charge is -2.12. The molecule has 33 heavy (non-hydrogen) atoms. The zero-order valence-electron chi connectivity index (χ0n) is 16.7. The highest BCUT2D eigenvalue weighted by Gasteiger charge is 2.33. The van der Waals surface area contributed by atoms with Crippen LogP contribution in [0, 0.1) is 0 Å². The summed E-state index contributed by atoms with van der Waals surface area (Å²) in [4.78, 5) is 37.2. The van der Waals surface area contributed by atoms with Crippen LogP contribution < -0.4 is 16.1 Å². The average Bonchev–Trinajstić information content (AvgIpc) is 2.75. The zero-order chi connectivity index (χ0) is 24.0. The molecule has 0 aliphatic carbocycles. The highest BCUT2D eigenvalue weighted by Crippen LogP contribution is 2.36. The highest BCUT2D eigenvalue weighted by atomic mass is 35.5. The van der Waals surface area contributed by atoms with Crippen molar-refractivity contribution in [1.29, 1.82) is 0 Å². The van der Waals surface area contributed by atoms with Crippen LogP contribution in [0.25, 0.3) is 0 Å². The maximum absolute atomic E-state index is 13.0. The lowest BCUT2D eigenvalue weighted by atomic mass is 10.2. The predicted octanol–water partition coefficient (Wildman–Crippen LogP) is 5.24. The summed E-state index contributed by atoms with van der Waals surface area (Å²) in [5.41, 5.74) is 1.38. The number of nitrogens with one attached hydrogen (secondary N) is 3. The van der Waals surface area contributed by atoms with Crippen LogP contribution in [0.4, 0.5) is 29.3 Å². The number of carbonyl (C=O) groups excluding carboxylic acids is 2. The van der Waals surface area contributed by atoms with Crippen LogP contribution in [0.5, 0.6) is 0 Å². The largest absolute Gasteiger partial charge is 0.417 e. The normalized spacial score (nSPS) is 11.1. The van der Waals surface area contributed by atoms with Crippen molar-refractivity contribution in [2.45, 2.75) is 16.1 Å². The van der Waals surface area contributed by atoms with Gasteiger partial charge in [-0.15, -0.1) is 0 Å². The third-order valence-corrected chi connectivity index (χ3v) is 5.13. The molecule has 3 aromatic rings. The van der Waals surface area contributed by atoms with Gasteiger partial charge in [0, 0.05) is 22.5 Å². The molecule has 0 spiro atoms. The average molecular weight is 498 g/mol. The fourth-order valence-corrected chi connectivity index (χ4v) is 3.58. The van der Waals surface area contributed by atoms with Crippen molar-refractivity contribution in [2.75, 3.05) is 17.7 Å². The molecular weight excluding hydrogens is 483 g/mol. The fraction of sp³-hybridized carbons (Fsp3) is 0.100. The molecule has 3 amide bonds. The first-order valence-electron chi connectivity index (χ1n) is 9.05. The molecule has 0 atom stereocenters. The summed E-state index contributed by atoms with van der Waals surface area (Å²) in [5, 5.41) is 4.88. The number of urea groups is 1. The Morgan fingerprint density at radius 1 is 1.06 bits per heavy atom. The minimum absolute atomic E-state index is 0.0717. The summed E-state index contributed by atoms with van der Waals surface area (Å²) in [6, 6.07) is 10.6. The summed E-state index contributed by atoms with van der Waals surface area (Å²) in [6.07, 6.45) is -3.24. The Labute approximate surface area is 194 Å². The topological polar surface area (TPSA) is 105 Å². The number of aromatic nitrogens is 2. The van der Waals surface area contributed by atoms with Gasteiger partial charge >= 0.3 is 18.1 Å². The summed E-state index contributed by atoms with van der Waals surface area (Å²) in [6.45, 7) is 0. The van der Waals surface area contributed by atoms with E-state index in [-0.39, 0.29) is 11.5 Å². The van der Waals surface area contributed by atoms with E-state index in [1.807, 2.05) is 0 Å². The number of amides is 3. The summed E-state index contributed by atoms with van der Waals surface area (Å²) in [5.74, 6) is -0.695. The zero-order valence-corrected chi connectivity index (χ0v) is 18.3. The van der Waals surface area contributed by atoms with Crippen LogP contribution in [-0.4, -0.2) is 29.0 Å². The summed E-state index contributed by atoms with van der Waals surface area (Å²) in [7, 11) is 1.29. The highest BCUT2D eigenvalue weighted by molar-refractivity contribution is 7.99. The first-order chi connectivity index (χ1) is 15.7. The van der Waals surface area contributed by atoms with E-state index < -0.39 is 28.7 Å². The van der Waals surface area contributed by atoms with E-state index in [0.717, 1.165) is 12.1 Å². The number of rotatable bonds is 6. The number of alkyl halides is 3. The second-order valence-corrected chi connectivity index (χ2v) is 7.76. The summed E-state index contributed by atoms with van der Waals surface area (Å²) >= 11 is 6.79. The SMILES string of the molecule is CONC(=O)c1nccc(Sc2cccc(NC(=O)Nc3ccc(Cl)c(C(F)(F)F)c3)c2)n1. The second-order valence-electron chi connectivity index (χ2n) is 6.26. The van der Waals surface area contributed by atoms with Crippen molar-refractivity contribution >= 4 is 46.7 Å². The van der Waals surface area contributed by atoms with Crippen molar-refractivity contribution in [1.82, 2.24) is 15.4 Å². The maximum Gasteiger partial charge on any atom is 0.417 e. The van der Waals surface area contributed by atoms with E-state index in [9.17, 15) is 22.8 Å². The van der Waals surface area contributed by atoms with E-state index in [4.69, 9.17) is 11.6 Å². The van der Waals surface area contributed by atoms with Gasteiger partial charge in [-0.2, -0.15) is 13.2 Å². The molecule has 0 bridgehead atoms. The van der Waals surface area contributed by atoms with Crippen molar-refractivity contribution in [3.8, 4) is 0 Å². The summed E-state index contributed by atoms with van der Waals surface area (Å²) < 4.78 is 39.0. The van der Waals surface area contributed by atoms with Crippen molar-refractivity contribution in [2.24, 2.45) is 0 Å². The van der Waals surface area contributed by atoms with Gasteiger partial charge < -0.3 is 10.6 Å². The molecule has 0 aliphatic heterocycles. The number of benzene rings is 2. The minimum atomic E-state index is -4.65. The number of hydroxylamine groups is 1. The van der Waals surface area contributed by atoms with E-state index in [0.29, 0.717) is 15.6 Å². The molecule has 1 aromatic heterocycles. The van der Waals surface area contributed by atoms with E-state index in [1.54, 1.807) is 30.3 Å². The smallest absolute Gasteiger partial charge is 0.308 e. The molecular formula is C20H15ClF3N5O3S. The van der Waals surface area contributed by atoms with E-state index >= 15 is 0 Å². The third-order valence-electron chi connectivity index (χ3n) is 3.87. The molecule has 8 nitrogen and oxygen atoms in total. The molecule has 0 aliphatic rings. The Morgan fingerprint density at radius 3 is 2.48 bits per heavy atom. The molecule has 0 fully saturated rings. The number of nitrogens with zero attached hydrogens (tertiary/aromatic N) is 2. The van der Waals surface area contributed by atoms with Crippen molar-refractivity contribution < 1.29 is 27.6 Å². The molecule has 0 unspecified atom stereocenters. The molecule has 13 heteroatoms. The van der Waals surface area contributed by atoms with Gasteiger partial charge in [-0.05, 0) is 42.5 Å². The number of anilines is 2. The van der Waals surface area contributed by atoms with Crippen LogP contribution in [0.15, 0.2) is 64.6 Å². The molecule has 2 aromatic carbocycles. The number of halogens is 4. The van der Waals surface area contributed by atoms with Gasteiger partial charge in [-0.3, -0.25) is 9.63 Å². The van der Waals surface area contributed by atoms with Gasteiger partial charge in [0.15, 0.2) is 0 Å². The van der Waals surface area contributed by atoms with Gasteiger partial charge in [-0.25, -0.2) is 20.2 Å². The monoisotopic (exact) mass is 497 g/mol. The minimum Gasteiger partial charge on any atom is -0.308 e. The Balaban J connectivity index is 1.68. The fourth-order valence-electron chi connectivity index (χ4n) is 2.52. The Morgan fingerprint density at radius 2 is 1.79 bits per heavy atom. The van der Waals surface area contributed by atoms with Crippen LogP contribution in [-0.2, 0) is 11.0 Å². The van der Waals surface area contributed by atoms with E-state index in [1.165, 1.54) is 31.1 Å². The van der Waals surface area contributed by atoms with Gasteiger partial charge in [0.1, 0.15) is 5.03 Å². The number of carbonyl (C=O) groups is 2. The Kier molecular flexibility index (Phi) is 7.74. The lowest BCUT2D eigenvalue weighted by molar-refractivity contribution is -0.137. The molecule has 172 valence electrons. The molecule has 0 radical (unpaired) electrons. The second kappa shape index (κ2) is 10.5. The lowest BCUT2D eigenvalue weighted by Crippen LogP contribution is -2.24. The van der Waals surface area contributed by atoms with Crippen molar-refractivity contribution in [3.63, 3.8) is 0 Å². The van der Waals surface area contributed by atoms with Crippen LogP contribution in [0.3, 0.4) is 0 Å². The molecule has 1 heterocycles. The van der Waals surface area contributed by atoms with Crippen LogP contribution in [0.2, 0.25) is 5.02 Å². The first kappa shape index (κ1) is 24.3. The Hall–Kier alpha value is -3.35.